The molecule has 3 aromatic rings. The second kappa shape index (κ2) is 9.49. The summed E-state index contributed by atoms with van der Waals surface area (Å²) in [6.45, 7) is 2.00. The first kappa shape index (κ1) is 21.3. The van der Waals surface area contributed by atoms with Crippen LogP contribution in [0.1, 0.15) is 47.5 Å². The molecule has 0 spiro atoms. The summed E-state index contributed by atoms with van der Waals surface area (Å²) in [6.07, 6.45) is 4.39. The van der Waals surface area contributed by atoms with Crippen molar-refractivity contribution in [1.29, 1.82) is 0 Å². The third-order valence-corrected chi connectivity index (χ3v) is 5.59. The molecule has 0 bridgehead atoms. The minimum atomic E-state index is -0.519. The van der Waals surface area contributed by atoms with Gasteiger partial charge in [0.15, 0.2) is 12.4 Å². The lowest BCUT2D eigenvalue weighted by Gasteiger charge is -2.28. The molecule has 4 rings (SSSR count). The Hall–Kier alpha value is -2.90. The Labute approximate surface area is 185 Å². The van der Waals surface area contributed by atoms with Gasteiger partial charge in [-0.25, -0.2) is 4.98 Å². The van der Waals surface area contributed by atoms with Crippen molar-refractivity contribution in [2.24, 2.45) is 0 Å². The Balaban J connectivity index is 1.59. The predicted molar refractivity (Wildman–Crippen MR) is 116 cm³/mol. The molecule has 162 valence electrons. The molecule has 8 heteroatoms. The van der Waals surface area contributed by atoms with Crippen molar-refractivity contribution in [2.75, 3.05) is 0 Å². The fourth-order valence-corrected chi connectivity index (χ4v) is 3.81. The van der Waals surface area contributed by atoms with Crippen molar-refractivity contribution in [1.82, 2.24) is 15.5 Å². The molecule has 1 saturated carbocycles. The van der Waals surface area contributed by atoms with Gasteiger partial charge in [-0.1, -0.05) is 41.7 Å². The summed E-state index contributed by atoms with van der Waals surface area (Å²) in [7, 11) is 0. The predicted octanol–water partition coefficient (Wildman–Crippen LogP) is 4.31. The Kier molecular flexibility index (Phi) is 6.53. The van der Waals surface area contributed by atoms with Gasteiger partial charge in [0, 0.05) is 22.8 Å². The van der Waals surface area contributed by atoms with Crippen LogP contribution in [-0.2, 0) is 6.61 Å². The first-order chi connectivity index (χ1) is 15.0. The zero-order valence-electron chi connectivity index (χ0n) is 17.2. The molecule has 0 radical (unpaired) electrons. The number of hydrogen-bond acceptors (Lipinski definition) is 6. The van der Waals surface area contributed by atoms with E-state index in [0.29, 0.717) is 34.2 Å². The van der Waals surface area contributed by atoms with Gasteiger partial charge in [0.2, 0.25) is 5.88 Å². The van der Waals surface area contributed by atoms with E-state index >= 15 is 0 Å². The normalized spacial score (nSPS) is 18.5. The Morgan fingerprint density at radius 3 is 2.74 bits per heavy atom. The maximum atomic E-state index is 12.8. The molecule has 1 amide bonds. The third kappa shape index (κ3) is 5.24. The van der Waals surface area contributed by atoms with E-state index in [1.165, 1.54) is 6.20 Å². The number of amides is 1. The number of nitrogens with one attached hydrogen (secondary N) is 1. The monoisotopic (exact) mass is 441 g/mol. The smallest absolute Gasteiger partial charge is 0.253 e. The SMILES string of the molecule is Cc1cc(COc2ncc(C(=O)N[C@@H]3CCCC[C@H]3O)cc2-c2ccc(Cl)cc2)on1. The van der Waals surface area contributed by atoms with E-state index in [2.05, 4.69) is 15.5 Å². The molecule has 2 aromatic heterocycles. The van der Waals surface area contributed by atoms with Crippen molar-refractivity contribution in [2.45, 2.75) is 51.4 Å². The highest BCUT2D eigenvalue weighted by molar-refractivity contribution is 6.30. The van der Waals surface area contributed by atoms with Crippen LogP contribution in [0.3, 0.4) is 0 Å². The van der Waals surface area contributed by atoms with E-state index in [0.717, 1.165) is 30.5 Å². The number of hydrogen-bond donors (Lipinski definition) is 2. The summed E-state index contributed by atoms with van der Waals surface area (Å²) < 4.78 is 11.1. The van der Waals surface area contributed by atoms with E-state index in [4.69, 9.17) is 20.9 Å². The summed E-state index contributed by atoms with van der Waals surface area (Å²) in [4.78, 5) is 17.2. The minimum Gasteiger partial charge on any atom is -0.469 e. The molecule has 1 aliphatic carbocycles. The van der Waals surface area contributed by atoms with Crippen LogP contribution >= 0.6 is 11.6 Å². The van der Waals surface area contributed by atoms with E-state index in [1.807, 2.05) is 19.1 Å². The van der Waals surface area contributed by atoms with Gasteiger partial charge in [-0.2, -0.15) is 0 Å². The molecule has 31 heavy (non-hydrogen) atoms. The highest BCUT2D eigenvalue weighted by Gasteiger charge is 2.25. The molecule has 1 aromatic carbocycles. The summed E-state index contributed by atoms with van der Waals surface area (Å²) in [5.74, 6) is 0.672. The number of ether oxygens (including phenoxy) is 1. The molecule has 2 heterocycles. The molecular formula is C23H24ClN3O4. The average Bonchev–Trinajstić information content (AvgIpc) is 3.19. The van der Waals surface area contributed by atoms with Gasteiger partial charge in [-0.3, -0.25) is 4.79 Å². The number of pyridine rings is 1. The number of rotatable bonds is 6. The Bertz CT molecular complexity index is 1050. The summed E-state index contributed by atoms with van der Waals surface area (Å²) in [6, 6.07) is 10.5. The third-order valence-electron chi connectivity index (χ3n) is 5.34. The van der Waals surface area contributed by atoms with Crippen molar-refractivity contribution in [3.05, 3.63) is 64.6 Å². The van der Waals surface area contributed by atoms with Crippen molar-refractivity contribution < 1.29 is 19.2 Å². The number of carbonyl (C=O) groups is 1. The number of aromatic nitrogens is 2. The lowest BCUT2D eigenvalue weighted by atomic mass is 9.92. The van der Waals surface area contributed by atoms with E-state index in [1.54, 1.807) is 24.3 Å². The Morgan fingerprint density at radius 2 is 2.03 bits per heavy atom. The maximum Gasteiger partial charge on any atom is 0.253 e. The Morgan fingerprint density at radius 1 is 1.26 bits per heavy atom. The van der Waals surface area contributed by atoms with Crippen LogP contribution in [0.15, 0.2) is 47.1 Å². The van der Waals surface area contributed by atoms with Crippen molar-refractivity contribution >= 4 is 17.5 Å². The number of nitrogens with zero attached hydrogens (tertiary/aromatic N) is 2. The zero-order valence-corrected chi connectivity index (χ0v) is 17.9. The highest BCUT2D eigenvalue weighted by Crippen LogP contribution is 2.31. The summed E-state index contributed by atoms with van der Waals surface area (Å²) in [5, 5.41) is 17.6. The van der Waals surface area contributed by atoms with Crippen LogP contribution in [-0.4, -0.2) is 33.3 Å². The van der Waals surface area contributed by atoms with Gasteiger partial charge in [0.1, 0.15) is 0 Å². The number of carbonyl (C=O) groups excluding carboxylic acids is 1. The minimum absolute atomic E-state index is 0.161. The molecule has 0 saturated heterocycles. The van der Waals surface area contributed by atoms with Crippen LogP contribution in [0.2, 0.25) is 5.02 Å². The fourth-order valence-electron chi connectivity index (χ4n) is 3.68. The second-order valence-corrected chi connectivity index (χ2v) is 8.18. The van der Waals surface area contributed by atoms with Gasteiger partial charge in [-0.05, 0) is 43.5 Å². The van der Waals surface area contributed by atoms with Crippen LogP contribution in [0.25, 0.3) is 11.1 Å². The molecule has 0 aliphatic heterocycles. The first-order valence-electron chi connectivity index (χ1n) is 10.3. The van der Waals surface area contributed by atoms with E-state index < -0.39 is 6.10 Å². The zero-order chi connectivity index (χ0) is 21.8. The second-order valence-electron chi connectivity index (χ2n) is 7.74. The summed E-state index contributed by atoms with van der Waals surface area (Å²) >= 11 is 6.03. The number of halogens is 1. The van der Waals surface area contributed by atoms with Crippen LogP contribution in [0.5, 0.6) is 5.88 Å². The van der Waals surface area contributed by atoms with Crippen molar-refractivity contribution in [3.63, 3.8) is 0 Å². The summed E-state index contributed by atoms with van der Waals surface area (Å²) in [5.41, 5.74) is 2.63. The van der Waals surface area contributed by atoms with E-state index in [9.17, 15) is 9.90 Å². The van der Waals surface area contributed by atoms with Crippen LogP contribution < -0.4 is 10.1 Å². The molecule has 2 N–H and O–H groups in total. The molecule has 1 aliphatic rings. The largest absolute Gasteiger partial charge is 0.469 e. The van der Waals surface area contributed by atoms with Gasteiger partial charge >= 0.3 is 0 Å². The van der Waals surface area contributed by atoms with Crippen LogP contribution in [0, 0.1) is 6.92 Å². The fraction of sp³-hybridized carbons (Fsp3) is 0.348. The molecule has 7 nitrogen and oxygen atoms in total. The lowest BCUT2D eigenvalue weighted by Crippen LogP contribution is -2.45. The number of aliphatic hydroxyl groups excluding tert-OH is 1. The average molecular weight is 442 g/mol. The van der Waals surface area contributed by atoms with Gasteiger partial charge < -0.3 is 19.7 Å². The van der Waals surface area contributed by atoms with Gasteiger partial charge in [0.05, 0.1) is 23.4 Å². The number of aryl methyl sites for hydroxylation is 1. The van der Waals surface area contributed by atoms with Crippen LogP contribution in [0.4, 0.5) is 0 Å². The lowest BCUT2D eigenvalue weighted by molar-refractivity contribution is 0.0717. The highest BCUT2D eigenvalue weighted by atomic mass is 35.5. The molecule has 2 atom stereocenters. The van der Waals surface area contributed by atoms with Crippen molar-refractivity contribution in [3.8, 4) is 17.0 Å². The molecule has 1 fully saturated rings. The standard InChI is InChI=1S/C23H24ClN3O4/c1-14-10-18(31-27-14)13-30-23-19(15-6-8-17(24)9-7-15)11-16(12-25-23)22(29)26-20-4-2-3-5-21(20)28/h6-12,20-21,28H,2-5,13H2,1H3,(H,26,29)/t20-,21-/m1/s1. The quantitative estimate of drug-likeness (QED) is 0.591. The first-order valence-corrected chi connectivity index (χ1v) is 10.7. The maximum absolute atomic E-state index is 12.8. The van der Waals surface area contributed by atoms with Gasteiger partial charge in [-0.15, -0.1) is 0 Å². The molecule has 0 unspecified atom stereocenters. The topological polar surface area (TPSA) is 97.5 Å². The number of benzene rings is 1. The number of aliphatic hydroxyl groups is 1. The van der Waals surface area contributed by atoms with E-state index in [-0.39, 0.29) is 18.6 Å². The molecular weight excluding hydrogens is 418 g/mol. The van der Waals surface area contributed by atoms with Gasteiger partial charge in [0.25, 0.3) is 5.91 Å².